The largest absolute Gasteiger partial charge is 0.506 e. The molecule has 0 aliphatic carbocycles. The molecule has 0 radical (unpaired) electrons. The number of thiocarbonyl (C=S) groups is 1. The van der Waals surface area contributed by atoms with Crippen LogP contribution < -0.4 is 5.73 Å². The van der Waals surface area contributed by atoms with E-state index in [0.717, 1.165) is 57.1 Å². The summed E-state index contributed by atoms with van der Waals surface area (Å²) in [6.45, 7) is 3.75. The van der Waals surface area contributed by atoms with E-state index in [1.807, 2.05) is 36.6 Å². The molecule has 8 heteroatoms. The first-order valence-corrected chi connectivity index (χ1v) is 11.1. The second-order valence-corrected chi connectivity index (χ2v) is 9.06. The van der Waals surface area contributed by atoms with Crippen LogP contribution in [-0.4, -0.2) is 46.2 Å². The number of piperidine rings is 1. The molecule has 5 nitrogen and oxygen atoms in total. The molecule has 0 atom stereocenters. The highest BCUT2D eigenvalue weighted by atomic mass is 79.9. The highest BCUT2D eigenvalue weighted by Gasteiger charge is 2.24. The van der Waals surface area contributed by atoms with Gasteiger partial charge in [0.25, 0.3) is 0 Å². The highest BCUT2D eigenvalue weighted by Crippen LogP contribution is 2.39. The number of primary amides is 1. The highest BCUT2D eigenvalue weighted by molar-refractivity contribution is 9.10. The summed E-state index contributed by atoms with van der Waals surface area (Å²) >= 11 is 10.4. The first-order valence-electron chi connectivity index (χ1n) is 9.01. The lowest BCUT2D eigenvalue weighted by Gasteiger charge is -2.32. The van der Waals surface area contributed by atoms with Crippen molar-refractivity contribution in [3.8, 4) is 16.2 Å². The molecule has 1 aromatic heterocycles. The summed E-state index contributed by atoms with van der Waals surface area (Å²) in [5.74, 6) is -0.0280. The number of nitrogens with two attached hydrogens (primary N) is 1. The molecule has 1 aliphatic heterocycles. The zero-order valence-corrected chi connectivity index (χ0v) is 18.7. The maximum atomic E-state index is 11.3. The summed E-state index contributed by atoms with van der Waals surface area (Å²) in [4.78, 5) is 19.5. The topological polar surface area (TPSA) is 78.9 Å². The fourth-order valence-corrected chi connectivity index (χ4v) is 4.72. The molecule has 28 heavy (non-hydrogen) atoms. The summed E-state index contributed by atoms with van der Waals surface area (Å²) in [5.41, 5.74) is 7.84. The van der Waals surface area contributed by atoms with Crippen molar-refractivity contribution in [2.45, 2.75) is 19.8 Å². The Morgan fingerprint density at radius 2 is 2.00 bits per heavy atom. The fourth-order valence-electron chi connectivity index (χ4n) is 3.20. The second-order valence-electron chi connectivity index (χ2n) is 6.79. The van der Waals surface area contributed by atoms with Gasteiger partial charge in [-0.3, -0.25) is 9.79 Å². The number of aliphatic imine (C=N–C) groups is 1. The van der Waals surface area contributed by atoms with Gasteiger partial charge in [0.1, 0.15) is 5.75 Å². The number of hydrogen-bond acceptors (Lipinski definition) is 5. The number of hydrogen-bond donors (Lipinski definition) is 2. The molecule has 2 aromatic rings. The van der Waals surface area contributed by atoms with Gasteiger partial charge >= 0.3 is 0 Å². The predicted molar refractivity (Wildman–Crippen MR) is 122 cm³/mol. The third-order valence-electron chi connectivity index (χ3n) is 4.96. The molecule has 0 unspecified atom stereocenters. The number of amides is 1. The lowest BCUT2D eigenvalue weighted by atomic mass is 9.96. The third kappa shape index (κ3) is 4.79. The first-order chi connectivity index (χ1) is 13.4. The standard InChI is InChI=1S/C20H22BrN3O2S2/c1-12(23-10-17(27)24-8-6-14(7-9-24)20(22)26)16-11-28-19(18(16)25)13-2-4-15(21)5-3-13/h2-5,11,14,25H,6-10H2,1H3,(H2,22,26). The number of thiophene rings is 1. The van der Waals surface area contributed by atoms with Crippen molar-refractivity contribution in [3.63, 3.8) is 0 Å². The summed E-state index contributed by atoms with van der Waals surface area (Å²) in [7, 11) is 0. The molecule has 148 valence electrons. The van der Waals surface area contributed by atoms with Crippen molar-refractivity contribution < 1.29 is 9.90 Å². The van der Waals surface area contributed by atoms with Crippen LogP contribution in [0, 0.1) is 5.92 Å². The van der Waals surface area contributed by atoms with Gasteiger partial charge in [0.2, 0.25) is 5.91 Å². The first kappa shape index (κ1) is 21.0. The Labute approximate surface area is 182 Å². The van der Waals surface area contributed by atoms with Gasteiger partial charge in [-0.2, -0.15) is 0 Å². The number of benzene rings is 1. The Morgan fingerprint density at radius 1 is 1.36 bits per heavy atom. The number of rotatable bonds is 5. The molecular formula is C20H22BrN3O2S2. The van der Waals surface area contributed by atoms with Crippen LogP contribution in [0.1, 0.15) is 25.3 Å². The van der Waals surface area contributed by atoms with Crippen LogP contribution in [0.2, 0.25) is 0 Å². The SMILES string of the molecule is CC(=NCC(=S)N1CCC(C(N)=O)CC1)c1csc(-c2ccc(Br)cc2)c1O. The molecule has 2 heterocycles. The van der Waals surface area contributed by atoms with Crippen LogP contribution >= 0.6 is 39.5 Å². The zero-order chi connectivity index (χ0) is 20.3. The van der Waals surface area contributed by atoms with E-state index in [1.54, 1.807) is 0 Å². The number of carbonyl (C=O) groups excluding carboxylic acids is 1. The predicted octanol–water partition coefficient (Wildman–Crippen LogP) is 4.22. The number of halogens is 1. The summed E-state index contributed by atoms with van der Waals surface area (Å²) < 4.78 is 0.999. The quantitative estimate of drug-likeness (QED) is 0.496. The normalized spacial score (nSPS) is 15.6. The van der Waals surface area contributed by atoms with Crippen molar-refractivity contribution >= 4 is 56.1 Å². The molecular weight excluding hydrogens is 458 g/mol. The van der Waals surface area contributed by atoms with Gasteiger partial charge in [-0.1, -0.05) is 40.3 Å². The summed E-state index contributed by atoms with van der Waals surface area (Å²) in [5, 5.41) is 12.6. The zero-order valence-electron chi connectivity index (χ0n) is 15.5. The number of likely N-dealkylation sites (tertiary alicyclic amines) is 1. The van der Waals surface area contributed by atoms with Crippen LogP contribution in [-0.2, 0) is 4.79 Å². The molecule has 1 amide bonds. The van der Waals surface area contributed by atoms with Gasteiger partial charge in [0.05, 0.1) is 16.4 Å². The third-order valence-corrected chi connectivity index (χ3v) is 6.90. The van der Waals surface area contributed by atoms with Gasteiger partial charge in [0.15, 0.2) is 0 Å². The van der Waals surface area contributed by atoms with E-state index in [9.17, 15) is 9.90 Å². The minimum atomic E-state index is -0.228. The molecule has 1 aliphatic rings. The maximum absolute atomic E-state index is 11.3. The summed E-state index contributed by atoms with van der Waals surface area (Å²) in [6.07, 6.45) is 1.47. The molecule has 1 saturated heterocycles. The van der Waals surface area contributed by atoms with Gasteiger partial charge in [-0.05, 0) is 37.5 Å². The van der Waals surface area contributed by atoms with E-state index in [-0.39, 0.29) is 17.6 Å². The number of nitrogens with zero attached hydrogens (tertiary/aromatic N) is 2. The lowest BCUT2D eigenvalue weighted by molar-refractivity contribution is -0.122. The van der Waals surface area contributed by atoms with Crippen LogP contribution in [0.4, 0.5) is 0 Å². The average molecular weight is 480 g/mol. The van der Waals surface area contributed by atoms with Crippen molar-refractivity contribution in [2.75, 3.05) is 19.6 Å². The van der Waals surface area contributed by atoms with Crippen LogP contribution in [0.5, 0.6) is 5.75 Å². The number of aromatic hydroxyl groups is 1. The van der Waals surface area contributed by atoms with Crippen molar-refractivity contribution in [1.29, 1.82) is 0 Å². The number of carbonyl (C=O) groups is 1. The van der Waals surface area contributed by atoms with Crippen molar-refractivity contribution in [1.82, 2.24) is 4.90 Å². The monoisotopic (exact) mass is 479 g/mol. The Kier molecular flexibility index (Phi) is 6.85. The van der Waals surface area contributed by atoms with Gasteiger partial charge in [-0.15, -0.1) is 11.3 Å². The Bertz CT molecular complexity index is 901. The van der Waals surface area contributed by atoms with E-state index in [0.29, 0.717) is 6.54 Å². The van der Waals surface area contributed by atoms with Crippen molar-refractivity contribution in [3.05, 3.63) is 39.7 Å². The Balaban J connectivity index is 1.65. The van der Waals surface area contributed by atoms with Crippen LogP contribution in [0.3, 0.4) is 0 Å². The van der Waals surface area contributed by atoms with E-state index < -0.39 is 0 Å². The van der Waals surface area contributed by atoms with Crippen LogP contribution in [0.15, 0.2) is 39.1 Å². The molecule has 0 saturated carbocycles. The molecule has 0 bridgehead atoms. The summed E-state index contributed by atoms with van der Waals surface area (Å²) in [6, 6.07) is 7.84. The molecule has 3 rings (SSSR count). The molecule has 1 fully saturated rings. The average Bonchev–Trinajstić information content (AvgIpc) is 3.08. The van der Waals surface area contributed by atoms with Gasteiger partial charge in [-0.25, -0.2) is 0 Å². The second kappa shape index (κ2) is 9.15. The minimum absolute atomic E-state index is 0.0518. The Hall–Kier alpha value is -1.77. The van der Waals surface area contributed by atoms with Gasteiger partial charge < -0.3 is 15.7 Å². The molecule has 1 aromatic carbocycles. The van der Waals surface area contributed by atoms with E-state index in [2.05, 4.69) is 25.8 Å². The molecule has 0 spiro atoms. The fraction of sp³-hybridized carbons (Fsp3) is 0.350. The van der Waals surface area contributed by atoms with Crippen LogP contribution in [0.25, 0.3) is 10.4 Å². The van der Waals surface area contributed by atoms with E-state index >= 15 is 0 Å². The van der Waals surface area contributed by atoms with E-state index in [4.69, 9.17) is 18.0 Å². The minimum Gasteiger partial charge on any atom is -0.506 e. The maximum Gasteiger partial charge on any atom is 0.220 e. The van der Waals surface area contributed by atoms with Crippen molar-refractivity contribution in [2.24, 2.45) is 16.6 Å². The smallest absolute Gasteiger partial charge is 0.220 e. The van der Waals surface area contributed by atoms with E-state index in [1.165, 1.54) is 11.3 Å². The lowest BCUT2D eigenvalue weighted by Crippen LogP contribution is -2.42. The van der Waals surface area contributed by atoms with Gasteiger partial charge in [0, 0.05) is 40.1 Å². The Morgan fingerprint density at radius 3 is 2.61 bits per heavy atom. The molecule has 3 N–H and O–H groups in total.